The van der Waals surface area contributed by atoms with E-state index < -0.39 is 37.6 Å². The number of aliphatic hydroxyl groups excluding tert-OH is 5. The van der Waals surface area contributed by atoms with Crippen molar-refractivity contribution >= 4 is 5.97 Å². The topological polar surface area (TPSA) is 155 Å². The first-order valence-electron chi connectivity index (χ1n) is 13.1. The second-order valence-electron chi connectivity index (χ2n) is 8.97. The third kappa shape index (κ3) is 23.3. The Labute approximate surface area is 210 Å². The lowest BCUT2D eigenvalue weighted by molar-refractivity contribution is -0.148. The van der Waals surface area contributed by atoms with Gasteiger partial charge in [-0.25, -0.2) is 0 Å². The van der Waals surface area contributed by atoms with Crippen molar-refractivity contribution in [3.63, 3.8) is 0 Å². The van der Waals surface area contributed by atoms with Crippen LogP contribution in [0.15, 0.2) is 0 Å². The molecule has 10 nitrogen and oxygen atoms in total. The van der Waals surface area contributed by atoms with Gasteiger partial charge in [0.2, 0.25) is 0 Å². The minimum absolute atomic E-state index is 0.0109. The summed E-state index contributed by atoms with van der Waals surface area (Å²) in [7, 11) is 0. The zero-order valence-corrected chi connectivity index (χ0v) is 21.5. The molecule has 0 spiro atoms. The van der Waals surface area contributed by atoms with Crippen LogP contribution in [0.3, 0.4) is 0 Å². The molecule has 0 aromatic carbocycles. The van der Waals surface area contributed by atoms with Crippen LogP contribution in [-0.4, -0.2) is 109 Å². The fourth-order valence-electron chi connectivity index (χ4n) is 3.23. The van der Waals surface area contributed by atoms with Gasteiger partial charge in [-0.2, -0.15) is 0 Å². The van der Waals surface area contributed by atoms with Crippen LogP contribution in [0.4, 0.5) is 0 Å². The second kappa shape index (κ2) is 24.8. The molecule has 0 saturated carbocycles. The molecule has 0 aromatic rings. The smallest absolute Gasteiger partial charge is 0.305 e. The second-order valence-corrected chi connectivity index (χ2v) is 8.97. The van der Waals surface area contributed by atoms with E-state index in [0.29, 0.717) is 6.42 Å². The van der Waals surface area contributed by atoms with E-state index >= 15 is 0 Å². The minimum Gasteiger partial charge on any atom is -0.463 e. The van der Waals surface area contributed by atoms with Crippen molar-refractivity contribution in [1.82, 2.24) is 0 Å². The van der Waals surface area contributed by atoms with Gasteiger partial charge < -0.3 is 44.5 Å². The van der Waals surface area contributed by atoms with E-state index in [4.69, 9.17) is 29.2 Å². The maximum Gasteiger partial charge on any atom is 0.305 e. The monoisotopic (exact) mass is 510 g/mol. The first-order valence-corrected chi connectivity index (χ1v) is 13.1. The van der Waals surface area contributed by atoms with Gasteiger partial charge in [0.25, 0.3) is 0 Å². The van der Waals surface area contributed by atoms with Crippen LogP contribution in [0.5, 0.6) is 0 Å². The zero-order valence-electron chi connectivity index (χ0n) is 21.5. The molecule has 0 fully saturated rings. The summed E-state index contributed by atoms with van der Waals surface area (Å²) in [6.45, 7) is 0.853. The summed E-state index contributed by atoms with van der Waals surface area (Å²) in [6, 6.07) is 0. The van der Waals surface area contributed by atoms with Crippen molar-refractivity contribution in [2.45, 2.75) is 102 Å². The number of unbranched alkanes of at least 4 members (excludes halogenated alkanes) is 9. The van der Waals surface area contributed by atoms with Gasteiger partial charge in [-0.1, -0.05) is 64.7 Å². The van der Waals surface area contributed by atoms with Crippen LogP contribution in [0.1, 0.15) is 77.6 Å². The molecule has 4 unspecified atom stereocenters. The summed E-state index contributed by atoms with van der Waals surface area (Å²) in [6.07, 6.45) is 8.52. The van der Waals surface area contributed by atoms with E-state index in [2.05, 4.69) is 6.92 Å². The molecule has 0 rings (SSSR count). The zero-order chi connectivity index (χ0) is 26.2. The van der Waals surface area contributed by atoms with Crippen LogP contribution in [0.25, 0.3) is 0 Å². The normalized spacial score (nSPS) is 15.0. The van der Waals surface area contributed by atoms with E-state index in [9.17, 15) is 20.1 Å². The highest BCUT2D eigenvalue weighted by Gasteiger charge is 2.16. The largest absolute Gasteiger partial charge is 0.463 e. The Hall–Kier alpha value is -0.850. The molecule has 0 aliphatic rings. The van der Waals surface area contributed by atoms with Gasteiger partial charge in [0.05, 0.1) is 46.2 Å². The predicted molar refractivity (Wildman–Crippen MR) is 131 cm³/mol. The first kappa shape index (κ1) is 34.1. The molecule has 210 valence electrons. The number of carbonyl (C=O) groups is 1. The average molecular weight is 511 g/mol. The molecule has 4 atom stereocenters. The molecule has 0 heterocycles. The van der Waals surface area contributed by atoms with Crippen molar-refractivity contribution in [2.75, 3.05) is 52.9 Å². The highest BCUT2D eigenvalue weighted by molar-refractivity contribution is 5.69. The number of esters is 1. The lowest BCUT2D eigenvalue weighted by Gasteiger charge is -2.21. The maximum absolute atomic E-state index is 11.8. The summed E-state index contributed by atoms with van der Waals surface area (Å²) < 4.78 is 21.2. The Morgan fingerprint density at radius 1 is 0.629 bits per heavy atom. The van der Waals surface area contributed by atoms with E-state index in [-0.39, 0.29) is 45.6 Å². The van der Waals surface area contributed by atoms with Crippen molar-refractivity contribution in [2.24, 2.45) is 0 Å². The third-order valence-corrected chi connectivity index (χ3v) is 5.34. The lowest BCUT2D eigenvalue weighted by Crippen LogP contribution is -2.33. The molecule has 0 aromatic heterocycles. The summed E-state index contributed by atoms with van der Waals surface area (Å²) >= 11 is 0. The number of carbonyl (C=O) groups excluding carboxylic acids is 1. The number of ether oxygens (including phenoxy) is 4. The molecule has 0 amide bonds. The molecule has 35 heavy (non-hydrogen) atoms. The van der Waals surface area contributed by atoms with Crippen molar-refractivity contribution in [1.29, 1.82) is 0 Å². The summed E-state index contributed by atoms with van der Waals surface area (Å²) in [5.41, 5.74) is 0. The summed E-state index contributed by atoms with van der Waals surface area (Å²) in [5, 5.41) is 46.4. The van der Waals surface area contributed by atoms with Gasteiger partial charge in [-0.3, -0.25) is 4.79 Å². The first-order chi connectivity index (χ1) is 16.9. The Morgan fingerprint density at radius 2 is 1.11 bits per heavy atom. The van der Waals surface area contributed by atoms with Gasteiger partial charge >= 0.3 is 5.97 Å². The maximum atomic E-state index is 11.8. The van der Waals surface area contributed by atoms with Crippen molar-refractivity contribution in [3.05, 3.63) is 0 Å². The van der Waals surface area contributed by atoms with E-state index in [1.807, 2.05) is 0 Å². The summed E-state index contributed by atoms with van der Waals surface area (Å²) in [5.74, 6) is -0.335. The van der Waals surface area contributed by atoms with Gasteiger partial charge in [0.1, 0.15) is 31.0 Å². The molecule has 0 bridgehead atoms. The van der Waals surface area contributed by atoms with Crippen LogP contribution in [0.2, 0.25) is 0 Å². The van der Waals surface area contributed by atoms with Crippen LogP contribution < -0.4 is 0 Å². The summed E-state index contributed by atoms with van der Waals surface area (Å²) in [4.78, 5) is 11.8. The number of hydrogen-bond donors (Lipinski definition) is 5. The molecule has 10 heteroatoms. The quantitative estimate of drug-likeness (QED) is 0.0850. The van der Waals surface area contributed by atoms with E-state index in [0.717, 1.165) is 19.3 Å². The van der Waals surface area contributed by atoms with Crippen LogP contribution in [0, 0.1) is 0 Å². The van der Waals surface area contributed by atoms with Gasteiger partial charge in [-0.15, -0.1) is 0 Å². The molecular formula is C25H50O10. The Balaban J connectivity index is 3.88. The standard InChI is InChI=1S/C25H50O10/c1-2-3-4-5-6-7-8-9-10-11-12-25(31)35-18-23(30)16-33-20-24(34-17-22(29)14-27)19-32-15-21(28)13-26/h21-24,26-30H,2-20H2,1H3. The van der Waals surface area contributed by atoms with Crippen LogP contribution >= 0.6 is 0 Å². The molecule has 0 saturated heterocycles. The predicted octanol–water partition coefficient (Wildman–Crippen LogP) is 1.33. The number of rotatable bonds is 26. The fraction of sp³-hybridized carbons (Fsp3) is 0.960. The molecular weight excluding hydrogens is 460 g/mol. The molecule has 0 aliphatic carbocycles. The van der Waals surface area contributed by atoms with Gasteiger partial charge in [-0.05, 0) is 6.42 Å². The SMILES string of the molecule is CCCCCCCCCCCCC(=O)OCC(O)COCC(COCC(O)CO)OCC(O)CO. The average Bonchev–Trinajstić information content (AvgIpc) is 2.86. The Kier molecular flexibility index (Phi) is 24.2. The van der Waals surface area contributed by atoms with Gasteiger partial charge in [0.15, 0.2) is 0 Å². The van der Waals surface area contributed by atoms with Crippen molar-refractivity contribution < 1.29 is 49.3 Å². The highest BCUT2D eigenvalue weighted by atomic mass is 16.6. The van der Waals surface area contributed by atoms with Crippen LogP contribution in [-0.2, 0) is 23.7 Å². The van der Waals surface area contributed by atoms with Gasteiger partial charge in [0, 0.05) is 6.42 Å². The molecule has 0 radical (unpaired) electrons. The lowest BCUT2D eigenvalue weighted by atomic mass is 10.1. The third-order valence-electron chi connectivity index (χ3n) is 5.34. The molecule has 5 N–H and O–H groups in total. The van der Waals surface area contributed by atoms with E-state index in [1.165, 1.54) is 44.9 Å². The number of hydrogen-bond acceptors (Lipinski definition) is 10. The number of aliphatic hydroxyl groups is 5. The van der Waals surface area contributed by atoms with Crippen molar-refractivity contribution in [3.8, 4) is 0 Å². The highest BCUT2D eigenvalue weighted by Crippen LogP contribution is 2.11. The Bertz CT molecular complexity index is 466. The Morgan fingerprint density at radius 3 is 1.66 bits per heavy atom. The van der Waals surface area contributed by atoms with E-state index in [1.54, 1.807) is 0 Å². The minimum atomic E-state index is -1.05. The molecule has 0 aliphatic heterocycles. The fourth-order valence-corrected chi connectivity index (χ4v) is 3.23.